The third kappa shape index (κ3) is 3.28. The first-order chi connectivity index (χ1) is 10.4. The third-order valence-corrected chi connectivity index (χ3v) is 3.90. The monoisotopic (exact) mass is 299 g/mol. The second-order valence-electron chi connectivity index (χ2n) is 4.60. The Kier molecular flexibility index (Phi) is 4.25. The predicted molar refractivity (Wildman–Crippen MR) is 88.0 cm³/mol. The lowest BCUT2D eigenvalue weighted by Crippen LogP contribution is -2.09. The molecule has 0 spiro atoms. The summed E-state index contributed by atoms with van der Waals surface area (Å²) in [5.41, 5.74) is 1.22. The van der Waals surface area contributed by atoms with Gasteiger partial charge >= 0.3 is 0 Å². The van der Waals surface area contributed by atoms with E-state index in [0.29, 0.717) is 5.95 Å². The summed E-state index contributed by atoms with van der Waals surface area (Å²) in [7, 11) is 0. The van der Waals surface area contributed by atoms with Gasteiger partial charge in [0.05, 0.1) is 5.39 Å². The summed E-state index contributed by atoms with van der Waals surface area (Å²) in [6.07, 6.45) is 4.60. The van der Waals surface area contributed by atoms with Crippen LogP contribution in [0.2, 0.25) is 0 Å². The topological polar surface area (TPSA) is 62.7 Å². The van der Waals surface area contributed by atoms with Crippen molar-refractivity contribution in [2.24, 2.45) is 0 Å². The van der Waals surface area contributed by atoms with Crippen LogP contribution in [-0.2, 0) is 6.42 Å². The largest absolute Gasteiger partial charge is 0.369 e. The first-order valence-corrected chi connectivity index (χ1v) is 7.86. The van der Waals surface area contributed by atoms with Gasteiger partial charge in [0.2, 0.25) is 5.95 Å². The van der Waals surface area contributed by atoms with E-state index in [1.165, 1.54) is 5.56 Å². The van der Waals surface area contributed by atoms with Crippen LogP contribution in [0.3, 0.4) is 0 Å². The number of nitrogens with one attached hydrogen (secondary N) is 2. The van der Waals surface area contributed by atoms with Gasteiger partial charge in [-0.1, -0.05) is 6.07 Å². The number of rotatable bonds is 6. The highest BCUT2D eigenvalue weighted by Crippen LogP contribution is 2.26. The quantitative estimate of drug-likeness (QED) is 0.732. The van der Waals surface area contributed by atoms with Crippen molar-refractivity contribution in [2.45, 2.75) is 13.3 Å². The molecule has 3 aromatic heterocycles. The van der Waals surface area contributed by atoms with E-state index in [9.17, 15) is 0 Å². The van der Waals surface area contributed by atoms with Crippen molar-refractivity contribution in [3.63, 3.8) is 0 Å². The van der Waals surface area contributed by atoms with E-state index in [-0.39, 0.29) is 0 Å². The van der Waals surface area contributed by atoms with Crippen LogP contribution in [0.5, 0.6) is 0 Å². The first kappa shape index (κ1) is 13.8. The van der Waals surface area contributed by atoms with Crippen LogP contribution in [0.1, 0.15) is 12.5 Å². The zero-order valence-electron chi connectivity index (χ0n) is 11.8. The molecule has 0 saturated carbocycles. The van der Waals surface area contributed by atoms with Gasteiger partial charge < -0.3 is 10.6 Å². The summed E-state index contributed by atoms with van der Waals surface area (Å²) in [5, 5.41) is 9.70. The van der Waals surface area contributed by atoms with Crippen molar-refractivity contribution >= 4 is 33.3 Å². The van der Waals surface area contributed by atoms with Crippen LogP contribution in [-0.4, -0.2) is 28.0 Å². The molecule has 0 atom stereocenters. The van der Waals surface area contributed by atoms with Crippen LogP contribution >= 0.6 is 11.3 Å². The number of aromatic nitrogens is 3. The Hall–Kier alpha value is -2.21. The molecule has 0 saturated heterocycles. The molecule has 3 rings (SSSR count). The van der Waals surface area contributed by atoms with E-state index >= 15 is 0 Å². The Balaban J connectivity index is 1.74. The Morgan fingerprint density at radius 3 is 2.95 bits per heavy atom. The molecule has 3 heterocycles. The van der Waals surface area contributed by atoms with Gasteiger partial charge in [-0.25, -0.2) is 4.98 Å². The molecule has 2 N–H and O–H groups in total. The number of hydrogen-bond donors (Lipinski definition) is 2. The predicted octanol–water partition coefficient (Wildman–Crippen LogP) is 3.17. The lowest BCUT2D eigenvalue weighted by atomic mass is 10.2. The Morgan fingerprint density at radius 1 is 1.19 bits per heavy atom. The summed E-state index contributed by atoms with van der Waals surface area (Å²) < 4.78 is 0. The minimum atomic E-state index is 0.677. The average molecular weight is 299 g/mol. The van der Waals surface area contributed by atoms with Crippen molar-refractivity contribution in [3.05, 3.63) is 41.5 Å². The van der Waals surface area contributed by atoms with Crippen molar-refractivity contribution in [3.8, 4) is 0 Å². The van der Waals surface area contributed by atoms with E-state index in [0.717, 1.165) is 35.5 Å². The maximum atomic E-state index is 4.55. The van der Waals surface area contributed by atoms with Crippen LogP contribution in [0.4, 0.5) is 11.8 Å². The number of anilines is 2. The fourth-order valence-electron chi connectivity index (χ4n) is 2.10. The van der Waals surface area contributed by atoms with Gasteiger partial charge in [0.15, 0.2) is 0 Å². The van der Waals surface area contributed by atoms with E-state index in [2.05, 4.69) is 37.7 Å². The van der Waals surface area contributed by atoms with Crippen molar-refractivity contribution in [1.29, 1.82) is 0 Å². The van der Waals surface area contributed by atoms with E-state index in [4.69, 9.17) is 0 Å². The molecule has 3 aromatic rings. The van der Waals surface area contributed by atoms with Gasteiger partial charge in [0.25, 0.3) is 0 Å². The average Bonchev–Trinajstić information content (AvgIpc) is 2.97. The molecule has 108 valence electrons. The van der Waals surface area contributed by atoms with Crippen molar-refractivity contribution < 1.29 is 0 Å². The molecular weight excluding hydrogens is 282 g/mol. The molecule has 0 amide bonds. The molecule has 5 nitrogen and oxygen atoms in total. The van der Waals surface area contributed by atoms with E-state index in [1.54, 1.807) is 17.5 Å². The number of fused-ring (bicyclic) bond motifs is 1. The molecule has 0 fully saturated rings. The lowest BCUT2D eigenvalue weighted by Gasteiger charge is -2.09. The van der Waals surface area contributed by atoms with Gasteiger partial charge in [-0.05, 0) is 36.4 Å². The molecular formula is C15H17N5S. The summed E-state index contributed by atoms with van der Waals surface area (Å²) in [4.78, 5) is 14.2. The van der Waals surface area contributed by atoms with Gasteiger partial charge in [-0.15, -0.1) is 11.3 Å². The second-order valence-corrected chi connectivity index (χ2v) is 5.50. The van der Waals surface area contributed by atoms with Gasteiger partial charge in [0.1, 0.15) is 10.6 Å². The first-order valence-electron chi connectivity index (χ1n) is 6.98. The maximum Gasteiger partial charge on any atom is 0.226 e. The smallest absolute Gasteiger partial charge is 0.226 e. The molecule has 0 aromatic carbocycles. The molecule has 0 bridgehead atoms. The van der Waals surface area contributed by atoms with Gasteiger partial charge in [-0.3, -0.25) is 4.98 Å². The van der Waals surface area contributed by atoms with Crippen LogP contribution < -0.4 is 10.6 Å². The zero-order chi connectivity index (χ0) is 14.5. The van der Waals surface area contributed by atoms with E-state index in [1.807, 2.05) is 24.6 Å². The van der Waals surface area contributed by atoms with Crippen molar-refractivity contribution in [2.75, 3.05) is 23.7 Å². The number of nitrogens with zero attached hydrogens (tertiary/aromatic N) is 3. The molecule has 0 aliphatic heterocycles. The molecule has 0 aliphatic carbocycles. The van der Waals surface area contributed by atoms with Crippen LogP contribution in [0.15, 0.2) is 36.0 Å². The molecule has 6 heteroatoms. The van der Waals surface area contributed by atoms with Crippen molar-refractivity contribution in [1.82, 2.24) is 15.0 Å². The fourth-order valence-corrected chi connectivity index (χ4v) is 2.86. The normalized spacial score (nSPS) is 10.7. The maximum absolute atomic E-state index is 4.55. The minimum absolute atomic E-state index is 0.677. The minimum Gasteiger partial charge on any atom is -0.369 e. The highest BCUT2D eigenvalue weighted by molar-refractivity contribution is 7.16. The number of hydrogen-bond acceptors (Lipinski definition) is 6. The Bertz CT molecular complexity index is 710. The Morgan fingerprint density at radius 2 is 2.14 bits per heavy atom. The third-order valence-electron chi connectivity index (χ3n) is 3.09. The standard InChI is InChI=1S/C15H17N5S/c1-2-17-15-19-13(12-6-9-21-14(12)20-15)18-8-5-11-4-3-7-16-10-11/h3-4,6-7,9-10H,2,5,8H2,1H3,(H2,17,18,19,20). The highest BCUT2D eigenvalue weighted by atomic mass is 32.1. The Labute approximate surface area is 127 Å². The second kappa shape index (κ2) is 6.49. The zero-order valence-corrected chi connectivity index (χ0v) is 12.7. The summed E-state index contributed by atoms with van der Waals surface area (Å²) in [5.74, 6) is 1.57. The van der Waals surface area contributed by atoms with Crippen LogP contribution in [0.25, 0.3) is 10.2 Å². The number of thiophene rings is 1. The number of pyridine rings is 1. The van der Waals surface area contributed by atoms with E-state index < -0.39 is 0 Å². The fraction of sp³-hybridized carbons (Fsp3) is 0.267. The molecule has 0 radical (unpaired) electrons. The SMILES string of the molecule is CCNc1nc(NCCc2cccnc2)c2ccsc2n1. The lowest BCUT2D eigenvalue weighted by molar-refractivity contribution is 0.992. The summed E-state index contributed by atoms with van der Waals surface area (Å²) >= 11 is 1.63. The van der Waals surface area contributed by atoms with Crippen LogP contribution in [0, 0.1) is 0 Å². The molecule has 0 aliphatic rings. The highest BCUT2D eigenvalue weighted by Gasteiger charge is 2.08. The summed E-state index contributed by atoms with van der Waals surface area (Å²) in [6.45, 7) is 3.67. The molecule has 21 heavy (non-hydrogen) atoms. The van der Waals surface area contributed by atoms with Gasteiger partial charge in [0, 0.05) is 25.5 Å². The molecule has 0 unspecified atom stereocenters. The summed E-state index contributed by atoms with van der Waals surface area (Å²) in [6, 6.07) is 6.10. The van der Waals surface area contributed by atoms with Gasteiger partial charge in [-0.2, -0.15) is 4.98 Å².